The molecule has 18 heavy (non-hydrogen) atoms. The fraction of sp³-hybridized carbons (Fsp3) is 0.286. The Labute approximate surface area is 106 Å². The lowest BCUT2D eigenvalue weighted by Gasteiger charge is -2.28. The van der Waals surface area contributed by atoms with Gasteiger partial charge in [-0.25, -0.2) is 4.79 Å². The maximum absolute atomic E-state index is 12.0. The van der Waals surface area contributed by atoms with Crippen LogP contribution in [-0.4, -0.2) is 11.8 Å². The molecule has 94 valence electrons. The van der Waals surface area contributed by atoms with Crippen LogP contribution in [0.5, 0.6) is 0 Å². The number of urea groups is 1. The molecule has 0 aliphatic carbocycles. The lowest BCUT2D eigenvalue weighted by molar-refractivity contribution is -0.115. The van der Waals surface area contributed by atoms with Gasteiger partial charge < -0.3 is 10.6 Å². The highest BCUT2D eigenvalue weighted by molar-refractivity contribution is 5.99. The lowest BCUT2D eigenvalue weighted by atomic mass is 9.92. The van der Waals surface area contributed by atoms with Gasteiger partial charge in [0, 0.05) is 17.7 Å². The highest BCUT2D eigenvalue weighted by Crippen LogP contribution is 2.27. The molecule has 1 aromatic rings. The van der Waals surface area contributed by atoms with E-state index in [-0.39, 0.29) is 17.9 Å². The van der Waals surface area contributed by atoms with Crippen molar-refractivity contribution in [1.82, 2.24) is 10.6 Å². The van der Waals surface area contributed by atoms with Crippen LogP contribution >= 0.6 is 0 Å². The number of hydrogen-bond donors (Lipinski definition) is 2. The van der Waals surface area contributed by atoms with Crippen LogP contribution in [0.4, 0.5) is 4.79 Å². The van der Waals surface area contributed by atoms with Gasteiger partial charge in [0.1, 0.15) is 0 Å². The third kappa shape index (κ3) is 2.27. The maximum atomic E-state index is 12.0. The predicted molar refractivity (Wildman–Crippen MR) is 68.8 cm³/mol. The molecule has 1 aliphatic rings. The van der Waals surface area contributed by atoms with Crippen LogP contribution in [0, 0.1) is 0 Å². The van der Waals surface area contributed by atoms with Gasteiger partial charge >= 0.3 is 6.03 Å². The summed E-state index contributed by atoms with van der Waals surface area (Å²) in [5.74, 6) is 0.0499. The Bertz CT molecular complexity index is 506. The van der Waals surface area contributed by atoms with Crippen molar-refractivity contribution in [2.45, 2.75) is 26.3 Å². The van der Waals surface area contributed by atoms with Gasteiger partial charge in [0.25, 0.3) is 0 Å². The zero-order valence-electron chi connectivity index (χ0n) is 10.5. The van der Waals surface area contributed by atoms with E-state index >= 15 is 0 Å². The monoisotopic (exact) mass is 244 g/mol. The summed E-state index contributed by atoms with van der Waals surface area (Å²) in [6.45, 7) is 3.58. The summed E-state index contributed by atoms with van der Waals surface area (Å²) in [5.41, 5.74) is 2.20. The molecule has 0 aromatic heterocycles. The first-order valence-electron chi connectivity index (χ1n) is 6.00. The van der Waals surface area contributed by atoms with E-state index in [2.05, 4.69) is 10.6 Å². The van der Waals surface area contributed by atoms with Crippen LogP contribution < -0.4 is 10.6 Å². The summed E-state index contributed by atoms with van der Waals surface area (Å²) in [4.78, 5) is 23.6. The van der Waals surface area contributed by atoms with Crippen molar-refractivity contribution in [2.24, 2.45) is 0 Å². The Kier molecular flexibility index (Phi) is 3.46. The molecule has 2 N–H and O–H groups in total. The molecule has 4 heteroatoms. The maximum Gasteiger partial charge on any atom is 0.319 e. The number of carbonyl (C=O) groups is 2. The second kappa shape index (κ2) is 5.04. The number of Topliss-reactive ketones (excluding diaryl/α,β-unsaturated/α-hetero) is 1. The van der Waals surface area contributed by atoms with Crippen molar-refractivity contribution in [3.63, 3.8) is 0 Å². The van der Waals surface area contributed by atoms with Crippen LogP contribution in [0.1, 0.15) is 31.9 Å². The summed E-state index contributed by atoms with van der Waals surface area (Å²) in [7, 11) is 0. The van der Waals surface area contributed by atoms with Crippen LogP contribution in [-0.2, 0) is 4.79 Å². The number of allylic oxidation sites excluding steroid dienone is 1. The molecule has 0 saturated carbocycles. The zero-order valence-corrected chi connectivity index (χ0v) is 10.5. The Morgan fingerprint density at radius 2 is 1.94 bits per heavy atom. The van der Waals surface area contributed by atoms with E-state index in [9.17, 15) is 9.59 Å². The van der Waals surface area contributed by atoms with Crippen molar-refractivity contribution in [3.8, 4) is 0 Å². The Hall–Kier alpha value is -2.10. The first kappa shape index (κ1) is 12.4. The van der Waals surface area contributed by atoms with E-state index in [4.69, 9.17) is 0 Å². The van der Waals surface area contributed by atoms with Crippen molar-refractivity contribution in [1.29, 1.82) is 0 Å². The molecule has 0 fully saturated rings. The molecule has 1 aliphatic heterocycles. The summed E-state index contributed by atoms with van der Waals surface area (Å²) >= 11 is 0. The molecule has 0 spiro atoms. The number of amides is 2. The van der Waals surface area contributed by atoms with Gasteiger partial charge in [0.05, 0.1) is 6.04 Å². The number of carbonyl (C=O) groups excluding carboxylic acids is 2. The van der Waals surface area contributed by atoms with E-state index in [1.165, 1.54) is 0 Å². The van der Waals surface area contributed by atoms with Gasteiger partial charge in [-0.05, 0) is 12.5 Å². The Morgan fingerprint density at radius 1 is 1.28 bits per heavy atom. The fourth-order valence-corrected chi connectivity index (χ4v) is 2.15. The molecule has 2 amide bonds. The highest BCUT2D eigenvalue weighted by Gasteiger charge is 2.29. The standard InChI is InChI=1S/C14H16N2O2/c1-3-11(17)12-9(2)15-14(18)16-13(12)10-7-5-4-6-8-10/h4-8,13H,3H2,1-2H3,(H2,15,16,18)/t13-/m1/s1. The normalized spacial score (nSPS) is 19.2. The molecule has 0 bridgehead atoms. The molecule has 4 nitrogen and oxygen atoms in total. The quantitative estimate of drug-likeness (QED) is 0.857. The molecular formula is C14H16N2O2. The van der Waals surface area contributed by atoms with Gasteiger partial charge in [-0.2, -0.15) is 0 Å². The minimum Gasteiger partial charge on any atom is -0.327 e. The minimum atomic E-state index is -0.354. The fourth-order valence-electron chi connectivity index (χ4n) is 2.15. The van der Waals surface area contributed by atoms with E-state index in [0.717, 1.165) is 5.56 Å². The van der Waals surface area contributed by atoms with Crippen molar-refractivity contribution >= 4 is 11.8 Å². The third-order valence-corrected chi connectivity index (χ3v) is 3.02. The van der Waals surface area contributed by atoms with Crippen molar-refractivity contribution < 1.29 is 9.59 Å². The molecule has 1 atom stereocenters. The van der Waals surface area contributed by atoms with Gasteiger partial charge in [0.15, 0.2) is 5.78 Å². The lowest BCUT2D eigenvalue weighted by Crippen LogP contribution is -2.45. The number of nitrogens with one attached hydrogen (secondary N) is 2. The number of ketones is 1. The first-order chi connectivity index (χ1) is 8.63. The molecule has 0 radical (unpaired) electrons. The van der Waals surface area contributed by atoms with E-state index in [1.807, 2.05) is 37.3 Å². The SMILES string of the molecule is CCC(=O)C1=C(C)NC(=O)N[C@@H]1c1ccccc1. The van der Waals surface area contributed by atoms with Crippen LogP contribution in [0.25, 0.3) is 0 Å². The summed E-state index contributed by atoms with van der Waals surface area (Å²) in [6, 6.07) is 8.89. The summed E-state index contributed by atoms with van der Waals surface area (Å²) < 4.78 is 0. The molecular weight excluding hydrogens is 228 g/mol. The molecule has 0 unspecified atom stereocenters. The average Bonchev–Trinajstić information content (AvgIpc) is 2.38. The van der Waals surface area contributed by atoms with Gasteiger partial charge in [-0.3, -0.25) is 4.79 Å². The third-order valence-electron chi connectivity index (χ3n) is 3.02. The van der Waals surface area contributed by atoms with Gasteiger partial charge in [-0.15, -0.1) is 0 Å². The smallest absolute Gasteiger partial charge is 0.319 e. The predicted octanol–water partition coefficient (Wildman–Crippen LogP) is 2.29. The average molecular weight is 244 g/mol. The number of rotatable bonds is 3. The second-order valence-corrected chi connectivity index (χ2v) is 4.26. The van der Waals surface area contributed by atoms with E-state index < -0.39 is 0 Å². The zero-order chi connectivity index (χ0) is 13.1. The van der Waals surface area contributed by atoms with Crippen molar-refractivity contribution in [3.05, 3.63) is 47.2 Å². The Balaban J connectivity index is 2.46. The second-order valence-electron chi connectivity index (χ2n) is 4.26. The first-order valence-corrected chi connectivity index (χ1v) is 6.00. The number of hydrogen-bond acceptors (Lipinski definition) is 2. The van der Waals surface area contributed by atoms with Crippen LogP contribution in [0.2, 0.25) is 0 Å². The molecule has 0 saturated heterocycles. The Morgan fingerprint density at radius 3 is 2.56 bits per heavy atom. The molecule has 1 heterocycles. The summed E-state index contributed by atoms with van der Waals surface area (Å²) in [5, 5.41) is 5.45. The van der Waals surface area contributed by atoms with Crippen LogP contribution in [0.3, 0.4) is 0 Å². The molecule has 1 aromatic carbocycles. The van der Waals surface area contributed by atoms with E-state index in [0.29, 0.717) is 17.7 Å². The minimum absolute atomic E-state index is 0.0499. The van der Waals surface area contributed by atoms with Gasteiger partial charge in [-0.1, -0.05) is 37.3 Å². The van der Waals surface area contributed by atoms with Crippen molar-refractivity contribution in [2.75, 3.05) is 0 Å². The molecule has 2 rings (SSSR count). The van der Waals surface area contributed by atoms with E-state index in [1.54, 1.807) is 6.92 Å². The van der Waals surface area contributed by atoms with Crippen LogP contribution in [0.15, 0.2) is 41.6 Å². The number of benzene rings is 1. The topological polar surface area (TPSA) is 58.2 Å². The highest BCUT2D eigenvalue weighted by atomic mass is 16.2. The summed E-state index contributed by atoms with van der Waals surface area (Å²) in [6.07, 6.45) is 0.424. The largest absolute Gasteiger partial charge is 0.327 e. The van der Waals surface area contributed by atoms with Gasteiger partial charge in [0.2, 0.25) is 0 Å².